The van der Waals surface area contributed by atoms with Crippen LogP contribution in [0.1, 0.15) is 53.0 Å². The highest BCUT2D eigenvalue weighted by atomic mass is 16.8. The van der Waals surface area contributed by atoms with E-state index < -0.39 is 23.4 Å². The van der Waals surface area contributed by atoms with E-state index >= 15 is 0 Å². The van der Waals surface area contributed by atoms with Crippen LogP contribution in [0, 0.1) is 5.41 Å². The van der Waals surface area contributed by atoms with Gasteiger partial charge < -0.3 is 24.1 Å². The molecule has 0 bridgehead atoms. The van der Waals surface area contributed by atoms with E-state index in [1.807, 2.05) is 65.0 Å². The van der Waals surface area contributed by atoms with E-state index in [9.17, 15) is 9.90 Å². The van der Waals surface area contributed by atoms with Gasteiger partial charge in [0.05, 0.1) is 31.3 Å². The number of carbonyl (C=O) groups excluding carboxylic acids is 1. The largest absolute Gasteiger partial charge is 0.465 e. The smallest absolute Gasteiger partial charge is 0.311 e. The minimum absolute atomic E-state index is 0.240. The first-order valence-corrected chi connectivity index (χ1v) is 9.91. The Balaban J connectivity index is 1.78. The molecular weight excluding hydrogens is 360 g/mol. The van der Waals surface area contributed by atoms with Crippen molar-refractivity contribution < 1.29 is 28.8 Å². The highest BCUT2D eigenvalue weighted by Gasteiger charge is 2.44. The molecule has 0 aromatic heterocycles. The minimum atomic E-state index is -0.773. The van der Waals surface area contributed by atoms with Crippen LogP contribution < -0.4 is 0 Å². The van der Waals surface area contributed by atoms with Crippen molar-refractivity contribution in [2.45, 2.75) is 78.2 Å². The van der Waals surface area contributed by atoms with Gasteiger partial charge in [-0.1, -0.05) is 30.3 Å². The fraction of sp³-hybridized carbons (Fsp3) is 0.682. The van der Waals surface area contributed by atoms with Crippen LogP contribution in [0.25, 0.3) is 0 Å². The number of carbonyl (C=O) groups is 1. The van der Waals surface area contributed by atoms with Crippen molar-refractivity contribution in [1.29, 1.82) is 0 Å². The third kappa shape index (κ3) is 7.17. The number of aliphatic hydroxyl groups excluding tert-OH is 1. The number of hydrogen-bond acceptors (Lipinski definition) is 6. The van der Waals surface area contributed by atoms with Crippen LogP contribution in [-0.4, -0.2) is 48.4 Å². The van der Waals surface area contributed by atoms with Crippen molar-refractivity contribution >= 4 is 5.97 Å². The maximum Gasteiger partial charge on any atom is 0.311 e. The predicted octanol–water partition coefficient (Wildman–Crippen LogP) is 3.45. The van der Waals surface area contributed by atoms with Crippen molar-refractivity contribution in [3.8, 4) is 0 Å². The van der Waals surface area contributed by atoms with Crippen molar-refractivity contribution in [2.75, 3.05) is 13.2 Å². The molecule has 2 rings (SSSR count). The van der Waals surface area contributed by atoms with Crippen LogP contribution in [-0.2, 0) is 30.3 Å². The van der Waals surface area contributed by atoms with Crippen molar-refractivity contribution in [1.82, 2.24) is 0 Å². The second kappa shape index (κ2) is 9.83. The molecule has 1 aliphatic heterocycles. The summed E-state index contributed by atoms with van der Waals surface area (Å²) in [7, 11) is 0. The lowest BCUT2D eigenvalue weighted by molar-refractivity contribution is -0.158. The van der Waals surface area contributed by atoms with Crippen molar-refractivity contribution in [3.63, 3.8) is 0 Å². The number of esters is 1. The molecule has 1 fully saturated rings. The number of aliphatic hydroxyl groups is 1. The van der Waals surface area contributed by atoms with Gasteiger partial charge >= 0.3 is 5.97 Å². The zero-order valence-electron chi connectivity index (χ0n) is 17.6. The van der Waals surface area contributed by atoms with Crippen LogP contribution in [0.4, 0.5) is 0 Å². The molecule has 6 nitrogen and oxygen atoms in total. The molecule has 158 valence electrons. The molecule has 0 radical (unpaired) electrons. The van der Waals surface area contributed by atoms with Crippen LogP contribution in [0.2, 0.25) is 0 Å². The van der Waals surface area contributed by atoms with Gasteiger partial charge in [-0.15, -0.1) is 0 Å². The zero-order valence-corrected chi connectivity index (χ0v) is 17.6. The van der Waals surface area contributed by atoms with Crippen LogP contribution in [0.15, 0.2) is 30.3 Å². The van der Waals surface area contributed by atoms with Gasteiger partial charge in [-0.3, -0.25) is 4.79 Å². The van der Waals surface area contributed by atoms with Gasteiger partial charge in [0.2, 0.25) is 0 Å². The highest BCUT2D eigenvalue weighted by molar-refractivity contribution is 5.75. The second-order valence-corrected chi connectivity index (χ2v) is 8.73. The standard InChI is InChI=1S/C22H34O6/c1-21(2,3)20(24)26-13-9-12-17(23)19-18(27-22(4,5)28-19)15-25-14-16-10-7-6-8-11-16/h6-8,10-11,17-19,23H,9,12-15H2,1-5H3/t17-,18-,19+/m1/s1. The van der Waals surface area contributed by atoms with E-state index in [1.165, 1.54) is 0 Å². The molecule has 6 heteroatoms. The molecule has 1 aliphatic rings. The fourth-order valence-electron chi connectivity index (χ4n) is 3.02. The number of rotatable bonds is 9. The van der Waals surface area contributed by atoms with Crippen LogP contribution >= 0.6 is 0 Å². The fourth-order valence-corrected chi connectivity index (χ4v) is 3.02. The lowest BCUT2D eigenvalue weighted by Gasteiger charge is -2.23. The Morgan fingerprint density at radius 3 is 2.54 bits per heavy atom. The molecule has 28 heavy (non-hydrogen) atoms. The van der Waals surface area contributed by atoms with Gasteiger partial charge in [0, 0.05) is 0 Å². The van der Waals surface area contributed by atoms with E-state index in [0.717, 1.165) is 5.56 Å². The lowest BCUT2D eigenvalue weighted by atomic mass is 9.97. The summed E-state index contributed by atoms with van der Waals surface area (Å²) in [5.74, 6) is -1.01. The quantitative estimate of drug-likeness (QED) is 0.511. The van der Waals surface area contributed by atoms with E-state index in [4.69, 9.17) is 18.9 Å². The number of ether oxygens (including phenoxy) is 4. The van der Waals surface area contributed by atoms with Gasteiger partial charge in [0.25, 0.3) is 0 Å². The highest BCUT2D eigenvalue weighted by Crippen LogP contribution is 2.31. The maximum absolute atomic E-state index is 11.8. The summed E-state index contributed by atoms with van der Waals surface area (Å²) < 4.78 is 22.9. The normalized spacial score (nSPS) is 22.8. The summed E-state index contributed by atoms with van der Waals surface area (Å²) in [4.78, 5) is 11.8. The Morgan fingerprint density at radius 2 is 1.89 bits per heavy atom. The minimum Gasteiger partial charge on any atom is -0.465 e. The van der Waals surface area contributed by atoms with Crippen LogP contribution in [0.5, 0.6) is 0 Å². The first kappa shape index (κ1) is 22.8. The summed E-state index contributed by atoms with van der Waals surface area (Å²) >= 11 is 0. The Morgan fingerprint density at radius 1 is 1.21 bits per heavy atom. The van der Waals surface area contributed by atoms with Crippen LogP contribution in [0.3, 0.4) is 0 Å². The van der Waals surface area contributed by atoms with Gasteiger partial charge in [0.15, 0.2) is 5.79 Å². The average Bonchev–Trinajstić information content (AvgIpc) is 2.93. The van der Waals surface area contributed by atoms with E-state index in [1.54, 1.807) is 0 Å². The average molecular weight is 395 g/mol. The Kier molecular flexibility index (Phi) is 8.01. The Labute approximate surface area is 168 Å². The zero-order chi connectivity index (χ0) is 20.8. The van der Waals surface area contributed by atoms with Gasteiger partial charge in [-0.05, 0) is 53.0 Å². The third-order valence-corrected chi connectivity index (χ3v) is 4.48. The molecule has 1 heterocycles. The Bertz CT molecular complexity index is 607. The molecule has 3 atom stereocenters. The summed E-state index contributed by atoms with van der Waals surface area (Å²) in [5, 5.41) is 10.6. The molecule has 0 spiro atoms. The molecule has 0 aliphatic carbocycles. The van der Waals surface area contributed by atoms with E-state index in [0.29, 0.717) is 26.1 Å². The lowest BCUT2D eigenvalue weighted by Crippen LogP contribution is -2.38. The summed E-state index contributed by atoms with van der Waals surface area (Å²) in [6.07, 6.45) is -0.548. The summed E-state index contributed by atoms with van der Waals surface area (Å²) in [6, 6.07) is 9.90. The summed E-state index contributed by atoms with van der Waals surface area (Å²) in [5.41, 5.74) is 0.560. The topological polar surface area (TPSA) is 74.2 Å². The van der Waals surface area contributed by atoms with Gasteiger partial charge in [0.1, 0.15) is 12.2 Å². The number of hydrogen-bond donors (Lipinski definition) is 1. The van der Waals surface area contributed by atoms with Gasteiger partial charge in [-0.2, -0.15) is 0 Å². The molecule has 1 saturated heterocycles. The predicted molar refractivity (Wildman–Crippen MR) is 106 cm³/mol. The van der Waals surface area contributed by atoms with E-state index in [2.05, 4.69) is 0 Å². The molecule has 0 unspecified atom stereocenters. The number of benzene rings is 1. The Hall–Kier alpha value is -1.47. The first-order chi connectivity index (χ1) is 13.1. The molecule has 0 saturated carbocycles. The first-order valence-electron chi connectivity index (χ1n) is 9.91. The molecule has 0 amide bonds. The molecular formula is C22H34O6. The van der Waals surface area contributed by atoms with Gasteiger partial charge in [-0.25, -0.2) is 0 Å². The second-order valence-electron chi connectivity index (χ2n) is 8.73. The van der Waals surface area contributed by atoms with Crippen molar-refractivity contribution in [2.24, 2.45) is 5.41 Å². The summed E-state index contributed by atoms with van der Waals surface area (Å²) in [6.45, 7) is 10.2. The third-order valence-electron chi connectivity index (χ3n) is 4.48. The van der Waals surface area contributed by atoms with E-state index in [-0.39, 0.29) is 18.7 Å². The molecule has 1 aromatic rings. The molecule has 1 N–H and O–H groups in total. The monoisotopic (exact) mass is 394 g/mol. The SMILES string of the molecule is CC1(C)O[C@@H]([C@H](O)CCCOC(=O)C(C)(C)C)[C@@H](COCc2ccccc2)O1. The van der Waals surface area contributed by atoms with Crippen molar-refractivity contribution in [3.05, 3.63) is 35.9 Å². The molecule has 1 aromatic carbocycles. The maximum atomic E-state index is 11.8.